The van der Waals surface area contributed by atoms with E-state index in [1.807, 2.05) is 26.2 Å². The highest BCUT2D eigenvalue weighted by atomic mass is 79.9. The number of hydrogen-bond donors (Lipinski definition) is 1. The lowest BCUT2D eigenvalue weighted by molar-refractivity contribution is 1.02. The van der Waals surface area contributed by atoms with Crippen LogP contribution < -0.4 is 5.32 Å². The first-order valence-corrected chi connectivity index (χ1v) is 4.30. The molecule has 1 nitrogen and oxygen atoms in total. The quantitative estimate of drug-likeness (QED) is 0.702. The zero-order chi connectivity index (χ0) is 8.69. The average Bonchev–Trinajstić information content (AvgIpc) is 1.97. The van der Waals surface area contributed by atoms with E-state index in [1.165, 1.54) is 5.56 Å². The Morgan fingerprint density at radius 1 is 1.09 bits per heavy atom. The van der Waals surface area contributed by atoms with Gasteiger partial charge in [0.1, 0.15) is 0 Å². The average molecular weight is 216 g/mol. The van der Waals surface area contributed by atoms with Crippen LogP contribution in [0.1, 0.15) is 5.56 Å². The van der Waals surface area contributed by atoms with Crippen molar-refractivity contribution >= 4 is 15.9 Å². The molecule has 62 valence electrons. The first-order chi connectivity index (χ1) is 5.20. The van der Waals surface area contributed by atoms with E-state index in [0.29, 0.717) is 0 Å². The van der Waals surface area contributed by atoms with Crippen molar-refractivity contribution in [3.63, 3.8) is 0 Å². The SMILES string of the molecule is CNC.Cc1ccc(Br)cc1. The topological polar surface area (TPSA) is 12.0 Å². The summed E-state index contributed by atoms with van der Waals surface area (Å²) >= 11 is 3.35. The summed E-state index contributed by atoms with van der Waals surface area (Å²) in [5.74, 6) is 0. The molecule has 0 saturated carbocycles. The monoisotopic (exact) mass is 215 g/mol. The van der Waals surface area contributed by atoms with Crippen LogP contribution in [0.2, 0.25) is 0 Å². The van der Waals surface area contributed by atoms with Crippen LogP contribution in [0, 0.1) is 6.92 Å². The van der Waals surface area contributed by atoms with Crippen molar-refractivity contribution in [3.05, 3.63) is 34.3 Å². The highest BCUT2D eigenvalue weighted by Crippen LogP contribution is 2.08. The Kier molecular flexibility index (Phi) is 6.18. The van der Waals surface area contributed by atoms with Crippen LogP contribution in [0.25, 0.3) is 0 Å². The van der Waals surface area contributed by atoms with Crippen LogP contribution in [0.5, 0.6) is 0 Å². The van der Waals surface area contributed by atoms with Gasteiger partial charge in [-0.05, 0) is 33.2 Å². The van der Waals surface area contributed by atoms with E-state index < -0.39 is 0 Å². The van der Waals surface area contributed by atoms with Gasteiger partial charge in [0.05, 0.1) is 0 Å². The third-order valence-corrected chi connectivity index (χ3v) is 1.54. The van der Waals surface area contributed by atoms with E-state index >= 15 is 0 Å². The molecular formula is C9H14BrN. The second kappa shape index (κ2) is 6.38. The van der Waals surface area contributed by atoms with Crippen molar-refractivity contribution in [1.29, 1.82) is 0 Å². The lowest BCUT2D eigenvalue weighted by Crippen LogP contribution is -1.89. The van der Waals surface area contributed by atoms with Crippen LogP contribution in [0.4, 0.5) is 0 Å². The molecule has 2 heteroatoms. The highest BCUT2D eigenvalue weighted by molar-refractivity contribution is 9.10. The van der Waals surface area contributed by atoms with Gasteiger partial charge < -0.3 is 5.32 Å². The summed E-state index contributed by atoms with van der Waals surface area (Å²) < 4.78 is 1.14. The number of rotatable bonds is 0. The first kappa shape index (κ1) is 10.7. The zero-order valence-electron chi connectivity index (χ0n) is 7.19. The molecule has 0 aromatic heterocycles. The summed E-state index contributed by atoms with van der Waals surface area (Å²) in [7, 11) is 3.75. The fourth-order valence-corrected chi connectivity index (χ4v) is 0.798. The summed E-state index contributed by atoms with van der Waals surface area (Å²) in [6.45, 7) is 2.08. The fraction of sp³-hybridized carbons (Fsp3) is 0.333. The Morgan fingerprint density at radius 3 is 1.73 bits per heavy atom. The Bertz CT molecular complexity index is 160. The van der Waals surface area contributed by atoms with Gasteiger partial charge in [0.25, 0.3) is 0 Å². The predicted octanol–water partition coefficient (Wildman–Crippen LogP) is 2.59. The van der Waals surface area contributed by atoms with Gasteiger partial charge >= 0.3 is 0 Å². The summed E-state index contributed by atoms with van der Waals surface area (Å²) in [5, 5.41) is 2.75. The van der Waals surface area contributed by atoms with Gasteiger partial charge in [-0.15, -0.1) is 0 Å². The first-order valence-electron chi connectivity index (χ1n) is 3.51. The number of benzene rings is 1. The minimum absolute atomic E-state index is 1.14. The molecule has 1 aromatic rings. The van der Waals surface area contributed by atoms with Crippen LogP contribution in [0.15, 0.2) is 28.7 Å². The molecule has 0 spiro atoms. The van der Waals surface area contributed by atoms with Gasteiger partial charge in [-0.1, -0.05) is 33.6 Å². The Morgan fingerprint density at radius 2 is 1.45 bits per heavy atom. The van der Waals surface area contributed by atoms with Crippen molar-refractivity contribution < 1.29 is 0 Å². The molecule has 0 aliphatic carbocycles. The van der Waals surface area contributed by atoms with Crippen molar-refractivity contribution in [3.8, 4) is 0 Å². The van der Waals surface area contributed by atoms with Crippen molar-refractivity contribution in [2.24, 2.45) is 0 Å². The van der Waals surface area contributed by atoms with E-state index in [0.717, 1.165) is 4.47 Å². The molecule has 1 N–H and O–H groups in total. The van der Waals surface area contributed by atoms with Gasteiger partial charge in [-0.2, -0.15) is 0 Å². The van der Waals surface area contributed by atoms with Crippen molar-refractivity contribution in [2.75, 3.05) is 14.1 Å². The Balaban J connectivity index is 0.000000292. The predicted molar refractivity (Wildman–Crippen MR) is 53.9 cm³/mol. The lowest BCUT2D eigenvalue weighted by Gasteiger charge is -1.88. The lowest BCUT2D eigenvalue weighted by atomic mass is 10.2. The molecule has 1 rings (SSSR count). The second-order valence-electron chi connectivity index (χ2n) is 2.30. The van der Waals surface area contributed by atoms with E-state index in [-0.39, 0.29) is 0 Å². The maximum Gasteiger partial charge on any atom is 0.0175 e. The zero-order valence-corrected chi connectivity index (χ0v) is 8.77. The number of hydrogen-bond acceptors (Lipinski definition) is 1. The van der Waals surface area contributed by atoms with Gasteiger partial charge in [0.2, 0.25) is 0 Å². The van der Waals surface area contributed by atoms with Crippen molar-refractivity contribution in [2.45, 2.75) is 6.92 Å². The molecule has 0 radical (unpaired) electrons. The van der Waals surface area contributed by atoms with Crippen LogP contribution in [-0.2, 0) is 0 Å². The largest absolute Gasteiger partial charge is 0.323 e. The minimum Gasteiger partial charge on any atom is -0.323 e. The van der Waals surface area contributed by atoms with E-state index in [4.69, 9.17) is 0 Å². The number of nitrogens with one attached hydrogen (secondary N) is 1. The standard InChI is InChI=1S/C7H7Br.C2H7N/c1-6-2-4-7(8)5-3-6;1-3-2/h2-5H,1H3;3H,1-2H3. The molecule has 0 unspecified atom stereocenters. The fourth-order valence-electron chi connectivity index (χ4n) is 0.533. The normalized spacial score (nSPS) is 8.36. The molecular weight excluding hydrogens is 202 g/mol. The van der Waals surface area contributed by atoms with Gasteiger partial charge in [-0.3, -0.25) is 0 Å². The smallest absolute Gasteiger partial charge is 0.0175 e. The third-order valence-electron chi connectivity index (χ3n) is 1.01. The van der Waals surface area contributed by atoms with Crippen LogP contribution >= 0.6 is 15.9 Å². The second-order valence-corrected chi connectivity index (χ2v) is 3.21. The summed E-state index contributed by atoms with van der Waals surface area (Å²) in [6.07, 6.45) is 0. The molecule has 0 atom stereocenters. The minimum atomic E-state index is 1.14. The molecule has 0 bridgehead atoms. The Hall–Kier alpha value is -0.340. The Labute approximate surface area is 76.9 Å². The maximum atomic E-state index is 3.35. The van der Waals surface area contributed by atoms with E-state index in [1.54, 1.807) is 0 Å². The summed E-state index contributed by atoms with van der Waals surface area (Å²) in [4.78, 5) is 0. The van der Waals surface area contributed by atoms with Crippen molar-refractivity contribution in [1.82, 2.24) is 5.32 Å². The molecule has 0 heterocycles. The number of aryl methyl sites for hydroxylation is 1. The van der Waals surface area contributed by atoms with Crippen LogP contribution in [0.3, 0.4) is 0 Å². The summed E-state index contributed by atoms with van der Waals surface area (Å²) in [5.41, 5.74) is 1.30. The molecule has 0 saturated heterocycles. The molecule has 0 fully saturated rings. The molecule has 1 aromatic carbocycles. The molecule has 0 aliphatic heterocycles. The van der Waals surface area contributed by atoms with Gasteiger partial charge in [-0.25, -0.2) is 0 Å². The van der Waals surface area contributed by atoms with Gasteiger partial charge in [0, 0.05) is 4.47 Å². The molecule has 0 amide bonds. The number of halogens is 1. The maximum absolute atomic E-state index is 3.35. The summed E-state index contributed by atoms with van der Waals surface area (Å²) in [6, 6.07) is 8.22. The van der Waals surface area contributed by atoms with E-state index in [9.17, 15) is 0 Å². The third kappa shape index (κ3) is 6.07. The van der Waals surface area contributed by atoms with Crippen LogP contribution in [-0.4, -0.2) is 14.1 Å². The van der Waals surface area contributed by atoms with E-state index in [2.05, 4.69) is 40.3 Å². The highest BCUT2D eigenvalue weighted by Gasteiger charge is 1.81. The molecule has 0 aliphatic rings. The molecule has 11 heavy (non-hydrogen) atoms. The van der Waals surface area contributed by atoms with Gasteiger partial charge in [0.15, 0.2) is 0 Å².